The molecule has 140 valence electrons. The van der Waals surface area contributed by atoms with Crippen LogP contribution in [0.2, 0.25) is 0 Å². The Hall–Kier alpha value is -2.97. The van der Waals surface area contributed by atoms with E-state index in [0.717, 1.165) is 0 Å². The van der Waals surface area contributed by atoms with Crippen LogP contribution >= 0.6 is 0 Å². The number of benzene rings is 1. The van der Waals surface area contributed by atoms with Gasteiger partial charge in [0.25, 0.3) is 5.91 Å². The lowest BCUT2D eigenvalue weighted by atomic mass is 10.1. The Bertz CT molecular complexity index is 798. The quantitative estimate of drug-likeness (QED) is 0.781. The molecule has 1 aromatic carbocycles. The van der Waals surface area contributed by atoms with Gasteiger partial charge in [0.1, 0.15) is 17.9 Å². The van der Waals surface area contributed by atoms with E-state index in [-0.39, 0.29) is 35.6 Å². The van der Waals surface area contributed by atoms with Crippen LogP contribution in [0.5, 0.6) is 5.75 Å². The van der Waals surface area contributed by atoms with Crippen LogP contribution in [0.1, 0.15) is 27.2 Å². The number of ether oxygens (including phenoxy) is 1. The number of hydrogen-bond acceptors (Lipinski definition) is 4. The van der Waals surface area contributed by atoms with Gasteiger partial charge in [0.05, 0.1) is 11.8 Å². The van der Waals surface area contributed by atoms with Crippen LogP contribution < -0.4 is 10.1 Å². The zero-order valence-electron chi connectivity index (χ0n) is 13.7. The van der Waals surface area contributed by atoms with E-state index >= 15 is 0 Å². The molecule has 0 fully saturated rings. The molecule has 0 bridgehead atoms. The molecule has 0 aliphatic carbocycles. The summed E-state index contributed by atoms with van der Waals surface area (Å²) in [6, 6.07) is 5.63. The molecule has 2 N–H and O–H groups in total. The number of carboxylic acids is 1. The van der Waals surface area contributed by atoms with Gasteiger partial charge in [-0.1, -0.05) is 18.2 Å². The average molecular weight is 371 g/mol. The number of aliphatic carboxylic acids is 1. The van der Waals surface area contributed by atoms with Crippen molar-refractivity contribution in [2.75, 3.05) is 6.54 Å². The Morgan fingerprint density at radius 1 is 1.27 bits per heavy atom. The molecule has 1 amide bonds. The van der Waals surface area contributed by atoms with Crippen LogP contribution in [-0.2, 0) is 17.6 Å². The highest BCUT2D eigenvalue weighted by Gasteiger charge is 2.32. The Morgan fingerprint density at radius 3 is 2.62 bits per heavy atom. The predicted molar refractivity (Wildman–Crippen MR) is 83.9 cm³/mol. The molecule has 26 heavy (non-hydrogen) atoms. The highest BCUT2D eigenvalue weighted by molar-refractivity contribution is 5.97. The second-order valence-electron chi connectivity index (χ2n) is 5.45. The molecule has 1 heterocycles. The number of carboxylic acid groups (broad SMARTS) is 1. The Labute approximate surface area is 146 Å². The van der Waals surface area contributed by atoms with Crippen molar-refractivity contribution in [1.82, 2.24) is 5.32 Å². The topological polar surface area (TPSA) is 88.8 Å². The standard InChI is InChI=1S/C17H16F3NO5/c1-10-9-25-13(8-14(22)23)15(10)16(24)21-7-6-11-4-2-3-5-12(11)26-17(18,19)20/h2-5,9H,6-8H2,1H3,(H,21,24)(H,22,23). The molecular weight excluding hydrogens is 355 g/mol. The SMILES string of the molecule is Cc1coc(CC(=O)O)c1C(=O)NCCc1ccccc1OC(F)(F)F. The first-order valence-electron chi connectivity index (χ1n) is 7.58. The molecule has 0 atom stereocenters. The lowest BCUT2D eigenvalue weighted by Crippen LogP contribution is -2.27. The predicted octanol–water partition coefficient (Wildman–Crippen LogP) is 3.09. The Kier molecular flexibility index (Phi) is 5.91. The van der Waals surface area contributed by atoms with E-state index in [0.29, 0.717) is 5.56 Å². The minimum atomic E-state index is -4.81. The fraction of sp³-hybridized carbons (Fsp3) is 0.294. The maximum Gasteiger partial charge on any atom is 0.573 e. The second kappa shape index (κ2) is 7.94. The zero-order chi connectivity index (χ0) is 19.3. The van der Waals surface area contributed by atoms with Crippen molar-refractivity contribution in [2.24, 2.45) is 0 Å². The van der Waals surface area contributed by atoms with Gasteiger partial charge in [-0.2, -0.15) is 0 Å². The van der Waals surface area contributed by atoms with E-state index in [1.165, 1.54) is 24.5 Å². The maximum atomic E-state index is 12.4. The summed E-state index contributed by atoms with van der Waals surface area (Å²) >= 11 is 0. The van der Waals surface area contributed by atoms with Crippen LogP contribution in [-0.4, -0.2) is 29.9 Å². The number of halogens is 3. The number of aryl methyl sites for hydroxylation is 1. The van der Waals surface area contributed by atoms with Gasteiger partial charge in [-0.25, -0.2) is 0 Å². The molecule has 0 aliphatic rings. The summed E-state index contributed by atoms with van der Waals surface area (Å²) in [6.07, 6.45) is -3.87. The minimum Gasteiger partial charge on any atom is -0.481 e. The van der Waals surface area contributed by atoms with Crippen molar-refractivity contribution in [1.29, 1.82) is 0 Å². The van der Waals surface area contributed by atoms with Crippen LogP contribution in [0.15, 0.2) is 34.9 Å². The molecule has 0 spiro atoms. The van der Waals surface area contributed by atoms with E-state index in [2.05, 4.69) is 10.1 Å². The molecule has 2 rings (SSSR count). The zero-order valence-corrected chi connectivity index (χ0v) is 13.7. The summed E-state index contributed by atoms with van der Waals surface area (Å²) in [7, 11) is 0. The smallest absolute Gasteiger partial charge is 0.481 e. The molecule has 6 nitrogen and oxygen atoms in total. The lowest BCUT2D eigenvalue weighted by molar-refractivity contribution is -0.274. The van der Waals surface area contributed by atoms with Crippen molar-refractivity contribution in [3.63, 3.8) is 0 Å². The third-order valence-corrected chi connectivity index (χ3v) is 3.47. The first-order chi connectivity index (χ1) is 12.2. The Balaban J connectivity index is 2.02. The number of furan rings is 1. The summed E-state index contributed by atoms with van der Waals surface area (Å²) in [4.78, 5) is 23.1. The molecule has 1 aromatic heterocycles. The lowest BCUT2D eigenvalue weighted by Gasteiger charge is -2.13. The molecule has 0 unspecified atom stereocenters. The number of carbonyl (C=O) groups excluding carboxylic acids is 1. The third kappa shape index (κ3) is 5.27. The van der Waals surface area contributed by atoms with Crippen LogP contribution in [0.25, 0.3) is 0 Å². The normalized spacial score (nSPS) is 11.2. The van der Waals surface area contributed by atoms with E-state index in [4.69, 9.17) is 9.52 Å². The average Bonchev–Trinajstić information content (AvgIpc) is 2.87. The van der Waals surface area contributed by atoms with Crippen molar-refractivity contribution in [3.8, 4) is 5.75 Å². The summed E-state index contributed by atoms with van der Waals surface area (Å²) in [5.41, 5.74) is 0.867. The van der Waals surface area contributed by atoms with Gasteiger partial charge < -0.3 is 19.6 Å². The molecule has 0 saturated heterocycles. The second-order valence-corrected chi connectivity index (χ2v) is 5.45. The summed E-state index contributed by atoms with van der Waals surface area (Å²) in [5, 5.41) is 11.4. The molecule has 0 saturated carbocycles. The fourth-order valence-electron chi connectivity index (χ4n) is 2.40. The van der Waals surface area contributed by atoms with Gasteiger partial charge in [0, 0.05) is 12.1 Å². The largest absolute Gasteiger partial charge is 0.573 e. The number of para-hydroxylation sites is 1. The fourth-order valence-corrected chi connectivity index (χ4v) is 2.40. The van der Waals surface area contributed by atoms with Crippen molar-refractivity contribution in [2.45, 2.75) is 26.1 Å². The van der Waals surface area contributed by atoms with Gasteiger partial charge in [-0.05, 0) is 25.0 Å². The van der Waals surface area contributed by atoms with Crippen molar-refractivity contribution >= 4 is 11.9 Å². The minimum absolute atomic E-state index is 0.0216. The van der Waals surface area contributed by atoms with Gasteiger partial charge in [0.15, 0.2) is 0 Å². The van der Waals surface area contributed by atoms with Gasteiger partial charge in [-0.3, -0.25) is 9.59 Å². The van der Waals surface area contributed by atoms with E-state index in [9.17, 15) is 22.8 Å². The molecule has 0 aliphatic heterocycles. The van der Waals surface area contributed by atoms with Gasteiger partial charge in [0.2, 0.25) is 0 Å². The van der Waals surface area contributed by atoms with Crippen LogP contribution in [0, 0.1) is 6.92 Å². The molecule has 9 heteroatoms. The summed E-state index contributed by atoms with van der Waals surface area (Å²) in [6.45, 7) is 1.63. The first-order valence-corrected chi connectivity index (χ1v) is 7.58. The summed E-state index contributed by atoms with van der Waals surface area (Å²) < 4.78 is 46.2. The van der Waals surface area contributed by atoms with E-state index < -0.39 is 24.7 Å². The number of carbonyl (C=O) groups is 2. The van der Waals surface area contributed by atoms with Crippen LogP contribution in [0.4, 0.5) is 13.2 Å². The third-order valence-electron chi connectivity index (χ3n) is 3.47. The number of alkyl halides is 3. The van der Waals surface area contributed by atoms with Crippen LogP contribution in [0.3, 0.4) is 0 Å². The highest BCUT2D eigenvalue weighted by Crippen LogP contribution is 2.26. The Morgan fingerprint density at radius 2 is 1.96 bits per heavy atom. The van der Waals surface area contributed by atoms with Crippen molar-refractivity contribution in [3.05, 3.63) is 53.0 Å². The number of amides is 1. The molecule has 0 radical (unpaired) electrons. The first kappa shape index (κ1) is 19.4. The molecular formula is C17H16F3NO5. The number of rotatable bonds is 7. The van der Waals surface area contributed by atoms with Gasteiger partial charge >= 0.3 is 12.3 Å². The van der Waals surface area contributed by atoms with E-state index in [1.54, 1.807) is 13.0 Å². The highest BCUT2D eigenvalue weighted by atomic mass is 19.4. The summed E-state index contributed by atoms with van der Waals surface area (Å²) in [5.74, 6) is -2.01. The van der Waals surface area contributed by atoms with Gasteiger partial charge in [-0.15, -0.1) is 13.2 Å². The monoisotopic (exact) mass is 371 g/mol. The maximum absolute atomic E-state index is 12.4. The number of hydrogen-bond donors (Lipinski definition) is 2. The van der Waals surface area contributed by atoms with E-state index in [1.807, 2.05) is 0 Å². The number of nitrogens with one attached hydrogen (secondary N) is 1. The van der Waals surface area contributed by atoms with Crippen molar-refractivity contribution < 1.29 is 37.0 Å². The molecule has 2 aromatic rings.